The molecule has 0 aliphatic rings. The zero-order valence-corrected chi connectivity index (χ0v) is 20.0. The van der Waals surface area contributed by atoms with Gasteiger partial charge in [0.05, 0.1) is 5.56 Å². The first-order chi connectivity index (χ1) is 17.5. The maximum atomic E-state index is 11.8. The van der Waals surface area contributed by atoms with E-state index in [4.69, 9.17) is 10.00 Å². The number of aromatic nitrogens is 1. The van der Waals surface area contributed by atoms with Crippen molar-refractivity contribution >= 4 is 5.97 Å². The fraction of sp³-hybridized carbons (Fsp3) is 0.167. The lowest BCUT2D eigenvalue weighted by atomic mass is 9.97. The minimum Gasteiger partial charge on any atom is -0.489 e. The number of nitriles is 1. The van der Waals surface area contributed by atoms with Gasteiger partial charge in [-0.05, 0) is 64.9 Å². The Kier molecular flexibility index (Phi) is 8.07. The van der Waals surface area contributed by atoms with Gasteiger partial charge in [0.1, 0.15) is 24.5 Å². The number of carboxylic acids is 1. The Morgan fingerprint density at radius 2 is 1.81 bits per heavy atom. The van der Waals surface area contributed by atoms with Crippen molar-refractivity contribution in [2.24, 2.45) is 0 Å². The lowest BCUT2D eigenvalue weighted by molar-refractivity contribution is -0.139. The lowest BCUT2D eigenvalue weighted by Crippen LogP contribution is -2.38. The maximum Gasteiger partial charge on any atom is 0.321 e. The number of ether oxygens (including phenoxy) is 1. The van der Waals surface area contributed by atoms with Crippen LogP contribution in [0.5, 0.6) is 5.75 Å². The smallest absolute Gasteiger partial charge is 0.321 e. The molecule has 6 nitrogen and oxygen atoms in total. The standard InChI is InChI=1S/C30H27N3O3/c1-21-26(8-5-9-28(21)25-6-3-2-4-7-25)20-36-27-12-10-22(11-13-27)15-29(30(34)35)33-19-24-14-23(16-31)17-32-18-24/h2-14,17-18,29,33H,15,19-20H2,1H3,(H,34,35)/t29-/m0/s1. The highest BCUT2D eigenvalue weighted by molar-refractivity contribution is 5.74. The largest absolute Gasteiger partial charge is 0.489 e. The monoisotopic (exact) mass is 477 g/mol. The zero-order chi connectivity index (χ0) is 25.3. The molecular formula is C30H27N3O3. The van der Waals surface area contributed by atoms with Crippen LogP contribution in [0.15, 0.2) is 91.3 Å². The van der Waals surface area contributed by atoms with Gasteiger partial charge in [-0.15, -0.1) is 0 Å². The molecule has 0 amide bonds. The summed E-state index contributed by atoms with van der Waals surface area (Å²) in [7, 11) is 0. The molecule has 0 saturated carbocycles. The molecule has 3 aromatic carbocycles. The highest BCUT2D eigenvalue weighted by Crippen LogP contribution is 2.26. The molecule has 0 radical (unpaired) electrons. The fourth-order valence-corrected chi connectivity index (χ4v) is 4.02. The van der Waals surface area contributed by atoms with Crippen LogP contribution in [0.4, 0.5) is 0 Å². The van der Waals surface area contributed by atoms with Crippen LogP contribution in [0.2, 0.25) is 0 Å². The van der Waals surface area contributed by atoms with Crippen LogP contribution in [0.1, 0.15) is 27.8 Å². The molecule has 0 fully saturated rings. The van der Waals surface area contributed by atoms with Crippen LogP contribution in [0.3, 0.4) is 0 Å². The number of nitrogens with zero attached hydrogens (tertiary/aromatic N) is 2. The summed E-state index contributed by atoms with van der Waals surface area (Å²) in [4.78, 5) is 15.8. The topological polar surface area (TPSA) is 95.2 Å². The van der Waals surface area contributed by atoms with Gasteiger partial charge in [0.15, 0.2) is 0 Å². The van der Waals surface area contributed by atoms with Gasteiger partial charge < -0.3 is 9.84 Å². The Morgan fingerprint density at radius 3 is 2.53 bits per heavy atom. The third-order valence-corrected chi connectivity index (χ3v) is 6.06. The zero-order valence-electron chi connectivity index (χ0n) is 20.0. The molecule has 180 valence electrons. The first kappa shape index (κ1) is 24.6. The van der Waals surface area contributed by atoms with Crippen LogP contribution >= 0.6 is 0 Å². The number of hydrogen-bond acceptors (Lipinski definition) is 5. The van der Waals surface area contributed by atoms with E-state index >= 15 is 0 Å². The molecular weight excluding hydrogens is 450 g/mol. The highest BCUT2D eigenvalue weighted by atomic mass is 16.5. The summed E-state index contributed by atoms with van der Waals surface area (Å²) < 4.78 is 6.03. The second-order valence-electron chi connectivity index (χ2n) is 8.56. The minimum atomic E-state index is -0.937. The van der Waals surface area contributed by atoms with E-state index in [-0.39, 0.29) is 0 Å². The van der Waals surface area contributed by atoms with Crippen LogP contribution in [-0.4, -0.2) is 22.1 Å². The second-order valence-corrected chi connectivity index (χ2v) is 8.56. The molecule has 0 saturated heterocycles. The molecule has 0 spiro atoms. The van der Waals surface area contributed by atoms with Gasteiger partial charge in [0, 0.05) is 18.9 Å². The number of carbonyl (C=O) groups is 1. The van der Waals surface area contributed by atoms with Crippen molar-refractivity contribution in [3.8, 4) is 22.9 Å². The first-order valence-corrected chi connectivity index (χ1v) is 11.7. The summed E-state index contributed by atoms with van der Waals surface area (Å²) in [5, 5.41) is 21.7. The van der Waals surface area contributed by atoms with Crippen LogP contribution in [0, 0.1) is 18.3 Å². The van der Waals surface area contributed by atoms with E-state index in [1.165, 1.54) is 22.9 Å². The maximum absolute atomic E-state index is 11.8. The molecule has 1 heterocycles. The van der Waals surface area contributed by atoms with Crippen LogP contribution in [-0.2, 0) is 24.4 Å². The summed E-state index contributed by atoms with van der Waals surface area (Å²) >= 11 is 0. The number of nitrogens with one attached hydrogen (secondary N) is 1. The van der Waals surface area contributed by atoms with Gasteiger partial charge >= 0.3 is 5.97 Å². The summed E-state index contributed by atoms with van der Waals surface area (Å²) in [6.07, 6.45) is 3.42. The number of pyridine rings is 1. The molecule has 0 bridgehead atoms. The van der Waals surface area contributed by atoms with Gasteiger partial charge in [0.25, 0.3) is 0 Å². The molecule has 0 aliphatic carbocycles. The molecule has 0 aliphatic heterocycles. The van der Waals surface area contributed by atoms with E-state index in [2.05, 4.69) is 41.5 Å². The number of carboxylic acid groups (broad SMARTS) is 1. The normalized spacial score (nSPS) is 11.4. The molecule has 1 aromatic heterocycles. The van der Waals surface area contributed by atoms with E-state index in [9.17, 15) is 9.90 Å². The molecule has 0 unspecified atom stereocenters. The fourth-order valence-electron chi connectivity index (χ4n) is 4.02. The van der Waals surface area contributed by atoms with E-state index < -0.39 is 12.0 Å². The summed E-state index contributed by atoms with van der Waals surface area (Å²) in [5.41, 5.74) is 6.76. The van der Waals surface area contributed by atoms with Gasteiger partial charge in [-0.25, -0.2) is 0 Å². The average Bonchev–Trinajstić information content (AvgIpc) is 2.91. The van der Waals surface area contributed by atoms with Crippen molar-refractivity contribution in [2.45, 2.75) is 32.5 Å². The predicted molar refractivity (Wildman–Crippen MR) is 138 cm³/mol. The Bertz CT molecular complexity index is 1360. The van der Waals surface area contributed by atoms with E-state index in [1.807, 2.05) is 54.6 Å². The average molecular weight is 478 g/mol. The van der Waals surface area contributed by atoms with Crippen molar-refractivity contribution in [2.75, 3.05) is 0 Å². The van der Waals surface area contributed by atoms with Crippen molar-refractivity contribution < 1.29 is 14.6 Å². The third kappa shape index (κ3) is 6.35. The van der Waals surface area contributed by atoms with Gasteiger partial charge in [-0.2, -0.15) is 5.26 Å². The molecule has 2 N–H and O–H groups in total. The Labute approximate surface area is 210 Å². The van der Waals surface area contributed by atoms with Gasteiger partial charge in [0.2, 0.25) is 0 Å². The molecule has 1 atom stereocenters. The number of aliphatic carboxylic acids is 1. The summed E-state index contributed by atoms with van der Waals surface area (Å²) in [5.74, 6) is -0.212. The van der Waals surface area contributed by atoms with E-state index in [0.717, 1.165) is 22.4 Å². The molecule has 4 rings (SSSR count). The van der Waals surface area contributed by atoms with Crippen molar-refractivity contribution in [3.63, 3.8) is 0 Å². The van der Waals surface area contributed by atoms with E-state index in [1.54, 1.807) is 12.3 Å². The summed E-state index contributed by atoms with van der Waals surface area (Å²) in [6, 6.07) is 27.0. The van der Waals surface area contributed by atoms with Crippen molar-refractivity contribution in [1.82, 2.24) is 10.3 Å². The Morgan fingerprint density at radius 1 is 1.03 bits per heavy atom. The number of hydrogen-bond donors (Lipinski definition) is 2. The Hall–Kier alpha value is -4.47. The molecule has 6 heteroatoms. The molecule has 36 heavy (non-hydrogen) atoms. The number of benzene rings is 3. The third-order valence-electron chi connectivity index (χ3n) is 6.06. The van der Waals surface area contributed by atoms with Crippen molar-refractivity contribution in [1.29, 1.82) is 5.26 Å². The summed E-state index contributed by atoms with van der Waals surface area (Å²) in [6.45, 7) is 2.86. The predicted octanol–water partition coefficient (Wildman–Crippen LogP) is 5.29. The quantitative estimate of drug-likeness (QED) is 0.322. The highest BCUT2D eigenvalue weighted by Gasteiger charge is 2.17. The van der Waals surface area contributed by atoms with Crippen LogP contribution in [0.25, 0.3) is 11.1 Å². The van der Waals surface area contributed by atoms with E-state index in [0.29, 0.717) is 25.1 Å². The molecule has 4 aromatic rings. The number of rotatable bonds is 10. The minimum absolute atomic E-state index is 0.308. The van der Waals surface area contributed by atoms with Crippen molar-refractivity contribution in [3.05, 3.63) is 119 Å². The first-order valence-electron chi connectivity index (χ1n) is 11.7. The SMILES string of the molecule is Cc1c(COc2ccc(C[C@H](NCc3cncc(C#N)c3)C(=O)O)cc2)cccc1-c1ccccc1. The van der Waals surface area contributed by atoms with Crippen LogP contribution < -0.4 is 10.1 Å². The van der Waals surface area contributed by atoms with Gasteiger partial charge in [-0.1, -0.05) is 60.7 Å². The lowest BCUT2D eigenvalue weighted by Gasteiger charge is -2.15. The second kappa shape index (κ2) is 11.8. The Balaban J connectivity index is 1.36. The van der Waals surface area contributed by atoms with Gasteiger partial charge in [-0.3, -0.25) is 15.1 Å².